The highest BCUT2D eigenvalue weighted by molar-refractivity contribution is 5.82. The molecule has 0 radical (unpaired) electrons. The van der Waals surface area contributed by atoms with Gasteiger partial charge in [0.15, 0.2) is 11.6 Å². The molecule has 1 aromatic rings. The molecule has 1 aromatic carbocycles. The van der Waals surface area contributed by atoms with E-state index in [-0.39, 0.29) is 18.5 Å². The first kappa shape index (κ1) is 17.2. The number of benzene rings is 1. The van der Waals surface area contributed by atoms with Crippen LogP contribution >= 0.6 is 0 Å². The summed E-state index contributed by atoms with van der Waals surface area (Å²) in [4.78, 5) is 24.7. The second kappa shape index (κ2) is 7.89. The maximum Gasteiger partial charge on any atom is 0.410 e. The molecule has 0 aromatic heterocycles. The van der Waals surface area contributed by atoms with Gasteiger partial charge >= 0.3 is 6.09 Å². The van der Waals surface area contributed by atoms with Crippen LogP contribution in [-0.4, -0.2) is 42.6 Å². The molecule has 0 saturated carbocycles. The fraction of sp³-hybridized carbons (Fsp3) is 0.500. The Morgan fingerprint density at radius 1 is 1.39 bits per heavy atom. The van der Waals surface area contributed by atoms with Gasteiger partial charge in [0.1, 0.15) is 6.54 Å². The molecule has 1 saturated heterocycles. The number of amides is 2. The van der Waals surface area contributed by atoms with E-state index >= 15 is 0 Å². The second-order valence-electron chi connectivity index (χ2n) is 5.65. The van der Waals surface area contributed by atoms with Crippen molar-refractivity contribution < 1.29 is 23.1 Å². The van der Waals surface area contributed by atoms with Gasteiger partial charge in [-0.2, -0.15) is 0 Å². The molecule has 126 valence electrons. The Hall–Kier alpha value is -2.18. The van der Waals surface area contributed by atoms with Gasteiger partial charge in [-0.1, -0.05) is 6.07 Å². The lowest BCUT2D eigenvalue weighted by Crippen LogP contribution is -2.46. The van der Waals surface area contributed by atoms with E-state index in [9.17, 15) is 18.4 Å². The Morgan fingerprint density at radius 2 is 2.17 bits per heavy atom. The van der Waals surface area contributed by atoms with Crippen molar-refractivity contribution >= 4 is 12.0 Å². The summed E-state index contributed by atoms with van der Waals surface area (Å²) >= 11 is 0. The van der Waals surface area contributed by atoms with E-state index in [1.165, 1.54) is 11.0 Å². The SMILES string of the molecule is CC(CCc1ccc(F)c(F)c1)NC(=O)CN1CCCOC1=O. The Kier molecular flexibility index (Phi) is 5.90. The number of hydrogen-bond donors (Lipinski definition) is 1. The van der Waals surface area contributed by atoms with Crippen molar-refractivity contribution in [2.24, 2.45) is 0 Å². The third-order valence-electron chi connectivity index (χ3n) is 3.65. The summed E-state index contributed by atoms with van der Waals surface area (Å²) in [5, 5.41) is 2.79. The van der Waals surface area contributed by atoms with Gasteiger partial charge < -0.3 is 10.1 Å². The highest BCUT2D eigenvalue weighted by Gasteiger charge is 2.22. The summed E-state index contributed by atoms with van der Waals surface area (Å²) in [6.45, 7) is 2.69. The van der Waals surface area contributed by atoms with Gasteiger partial charge in [0.05, 0.1) is 6.61 Å². The van der Waals surface area contributed by atoms with Crippen LogP contribution in [0.1, 0.15) is 25.3 Å². The van der Waals surface area contributed by atoms with Crippen LogP contribution in [0.2, 0.25) is 0 Å². The van der Waals surface area contributed by atoms with Gasteiger partial charge in [0.25, 0.3) is 0 Å². The number of halogens is 2. The van der Waals surface area contributed by atoms with Gasteiger partial charge in [0.2, 0.25) is 5.91 Å². The fourth-order valence-corrected chi connectivity index (χ4v) is 2.39. The number of hydrogen-bond acceptors (Lipinski definition) is 3. The Balaban J connectivity index is 1.75. The van der Waals surface area contributed by atoms with Crippen molar-refractivity contribution in [3.8, 4) is 0 Å². The predicted molar refractivity (Wildman–Crippen MR) is 79.8 cm³/mol. The Bertz CT molecular complexity index is 580. The van der Waals surface area contributed by atoms with Gasteiger partial charge in [0, 0.05) is 12.6 Å². The van der Waals surface area contributed by atoms with Crippen molar-refractivity contribution in [2.75, 3.05) is 19.7 Å². The highest BCUT2D eigenvalue weighted by atomic mass is 19.2. The normalized spacial score (nSPS) is 16.0. The van der Waals surface area contributed by atoms with Crippen LogP contribution < -0.4 is 5.32 Å². The summed E-state index contributed by atoms with van der Waals surface area (Å²) in [7, 11) is 0. The number of carbonyl (C=O) groups excluding carboxylic acids is 2. The predicted octanol–water partition coefficient (Wildman–Crippen LogP) is 2.24. The van der Waals surface area contributed by atoms with E-state index in [1.54, 1.807) is 0 Å². The molecule has 2 rings (SSSR count). The van der Waals surface area contributed by atoms with Crippen LogP contribution in [-0.2, 0) is 16.0 Å². The van der Waals surface area contributed by atoms with E-state index < -0.39 is 17.7 Å². The number of aryl methyl sites for hydroxylation is 1. The summed E-state index contributed by atoms with van der Waals surface area (Å²) < 4.78 is 30.8. The average molecular weight is 326 g/mol. The van der Waals surface area contributed by atoms with E-state index in [4.69, 9.17) is 4.74 Å². The van der Waals surface area contributed by atoms with Crippen molar-refractivity contribution in [3.63, 3.8) is 0 Å². The minimum atomic E-state index is -0.872. The lowest BCUT2D eigenvalue weighted by molar-refractivity contribution is -0.123. The monoisotopic (exact) mass is 326 g/mol. The first-order valence-electron chi connectivity index (χ1n) is 7.60. The average Bonchev–Trinajstić information content (AvgIpc) is 2.51. The number of cyclic esters (lactones) is 1. The third-order valence-corrected chi connectivity index (χ3v) is 3.65. The number of rotatable bonds is 6. The molecular formula is C16H20F2N2O3. The van der Waals surface area contributed by atoms with Crippen LogP contribution in [0.5, 0.6) is 0 Å². The minimum absolute atomic E-state index is 0.0334. The first-order chi connectivity index (χ1) is 11.0. The van der Waals surface area contributed by atoms with Crippen LogP contribution in [0.3, 0.4) is 0 Å². The molecule has 0 aliphatic carbocycles. The second-order valence-corrected chi connectivity index (χ2v) is 5.65. The number of ether oxygens (including phenoxy) is 1. The number of nitrogens with zero attached hydrogens (tertiary/aromatic N) is 1. The number of carbonyl (C=O) groups is 2. The maximum absolute atomic E-state index is 13.1. The Morgan fingerprint density at radius 3 is 2.87 bits per heavy atom. The third kappa shape index (κ3) is 5.19. The number of nitrogens with one attached hydrogen (secondary N) is 1. The summed E-state index contributed by atoms with van der Waals surface area (Å²) in [6.07, 6.45) is 1.34. The van der Waals surface area contributed by atoms with Crippen molar-refractivity contribution in [3.05, 3.63) is 35.4 Å². The Labute approximate surface area is 133 Å². The molecule has 1 heterocycles. The van der Waals surface area contributed by atoms with Crippen LogP contribution in [0.15, 0.2) is 18.2 Å². The molecule has 1 aliphatic rings. The van der Waals surface area contributed by atoms with Gasteiger partial charge in [-0.25, -0.2) is 13.6 Å². The molecule has 2 amide bonds. The molecule has 1 N–H and O–H groups in total. The minimum Gasteiger partial charge on any atom is -0.449 e. The fourth-order valence-electron chi connectivity index (χ4n) is 2.39. The van der Waals surface area contributed by atoms with Gasteiger partial charge in [-0.05, 0) is 43.9 Å². The molecule has 0 spiro atoms. The lowest BCUT2D eigenvalue weighted by Gasteiger charge is -2.26. The first-order valence-corrected chi connectivity index (χ1v) is 7.60. The molecule has 1 atom stereocenters. The summed E-state index contributed by atoms with van der Waals surface area (Å²) in [5.74, 6) is -2.01. The largest absolute Gasteiger partial charge is 0.449 e. The van der Waals surface area contributed by atoms with Crippen molar-refractivity contribution in [1.29, 1.82) is 0 Å². The molecule has 5 nitrogen and oxygen atoms in total. The van der Waals surface area contributed by atoms with Crippen LogP contribution in [0, 0.1) is 11.6 Å². The quantitative estimate of drug-likeness (QED) is 0.872. The molecule has 23 heavy (non-hydrogen) atoms. The zero-order chi connectivity index (χ0) is 16.8. The molecule has 7 heteroatoms. The van der Waals surface area contributed by atoms with Gasteiger partial charge in [-0.3, -0.25) is 9.69 Å². The van der Waals surface area contributed by atoms with Crippen molar-refractivity contribution in [1.82, 2.24) is 10.2 Å². The molecule has 1 unspecified atom stereocenters. The molecule has 1 fully saturated rings. The van der Waals surface area contributed by atoms with E-state index in [2.05, 4.69) is 5.32 Å². The molecular weight excluding hydrogens is 306 g/mol. The van der Waals surface area contributed by atoms with E-state index in [0.717, 1.165) is 12.1 Å². The lowest BCUT2D eigenvalue weighted by atomic mass is 10.1. The maximum atomic E-state index is 13.1. The highest BCUT2D eigenvalue weighted by Crippen LogP contribution is 2.11. The van der Waals surface area contributed by atoms with E-state index in [1.807, 2.05) is 6.92 Å². The van der Waals surface area contributed by atoms with Crippen LogP contribution in [0.25, 0.3) is 0 Å². The topological polar surface area (TPSA) is 58.6 Å². The molecule has 0 bridgehead atoms. The van der Waals surface area contributed by atoms with Crippen molar-refractivity contribution in [2.45, 2.75) is 32.2 Å². The molecule has 1 aliphatic heterocycles. The van der Waals surface area contributed by atoms with Crippen LogP contribution in [0.4, 0.5) is 13.6 Å². The standard InChI is InChI=1S/C16H20F2N2O3/c1-11(3-4-12-5-6-13(17)14(18)9-12)19-15(21)10-20-7-2-8-23-16(20)22/h5-6,9,11H,2-4,7-8,10H2,1H3,(H,19,21). The smallest absolute Gasteiger partial charge is 0.410 e. The van der Waals surface area contributed by atoms with Gasteiger partial charge in [-0.15, -0.1) is 0 Å². The zero-order valence-corrected chi connectivity index (χ0v) is 13.0. The summed E-state index contributed by atoms with van der Waals surface area (Å²) in [5.41, 5.74) is 0.671. The zero-order valence-electron chi connectivity index (χ0n) is 13.0. The van der Waals surface area contributed by atoms with E-state index in [0.29, 0.717) is 38.0 Å². The summed E-state index contributed by atoms with van der Waals surface area (Å²) in [6, 6.07) is 3.64.